The van der Waals surface area contributed by atoms with Crippen LogP contribution in [-0.4, -0.2) is 24.1 Å². The normalized spacial score (nSPS) is 10.6. The van der Waals surface area contributed by atoms with Gasteiger partial charge in [-0.2, -0.15) is 0 Å². The van der Waals surface area contributed by atoms with Crippen molar-refractivity contribution < 1.29 is 0 Å². The molecular weight excluding hydrogens is 150 g/mol. The van der Waals surface area contributed by atoms with Crippen molar-refractivity contribution >= 4 is 11.9 Å². The minimum atomic E-state index is 0.753. The van der Waals surface area contributed by atoms with Crippen molar-refractivity contribution in [3.05, 3.63) is 24.2 Å². The van der Waals surface area contributed by atoms with Crippen LogP contribution in [0.4, 0.5) is 5.82 Å². The first-order valence-electron chi connectivity index (χ1n) is 3.87. The Kier molecular flexibility index (Phi) is 2.80. The van der Waals surface area contributed by atoms with Crippen molar-refractivity contribution in [2.45, 2.75) is 6.92 Å². The average molecular weight is 163 g/mol. The molecule has 0 saturated carbocycles. The number of rotatable bonds is 2. The number of nitrogens with zero attached hydrogens (tertiary/aromatic N) is 3. The third-order valence-electron chi connectivity index (χ3n) is 1.43. The van der Waals surface area contributed by atoms with E-state index >= 15 is 0 Å². The summed E-state index contributed by atoms with van der Waals surface area (Å²) < 4.78 is 0. The molecule has 0 atom stereocenters. The fourth-order valence-corrected chi connectivity index (χ4v) is 0.842. The summed E-state index contributed by atoms with van der Waals surface area (Å²) in [6.07, 6.45) is 5.57. The lowest BCUT2D eigenvalue weighted by molar-refractivity contribution is 1.02. The van der Waals surface area contributed by atoms with Crippen molar-refractivity contribution in [2.75, 3.05) is 19.0 Å². The summed E-state index contributed by atoms with van der Waals surface area (Å²) in [4.78, 5) is 10.3. The lowest BCUT2D eigenvalue weighted by Crippen LogP contribution is -2.11. The molecule has 0 fully saturated rings. The molecule has 64 valence electrons. The molecule has 1 heterocycles. The van der Waals surface area contributed by atoms with E-state index in [9.17, 15) is 0 Å². The minimum absolute atomic E-state index is 0.753. The molecular formula is C9H13N3. The fraction of sp³-hybridized carbons (Fsp3) is 0.333. The quantitative estimate of drug-likeness (QED) is 0.662. The molecule has 0 radical (unpaired) electrons. The molecule has 0 aliphatic rings. The molecule has 0 aromatic carbocycles. The smallest absolute Gasteiger partial charge is 0.153 e. The van der Waals surface area contributed by atoms with E-state index in [1.807, 2.05) is 44.1 Å². The van der Waals surface area contributed by atoms with E-state index in [0.717, 1.165) is 11.6 Å². The van der Waals surface area contributed by atoms with E-state index in [0.29, 0.717) is 0 Å². The summed E-state index contributed by atoms with van der Waals surface area (Å²) in [6.45, 7) is 1.95. The van der Waals surface area contributed by atoms with E-state index in [4.69, 9.17) is 0 Å². The molecule has 0 unspecified atom stereocenters. The van der Waals surface area contributed by atoms with Crippen LogP contribution in [0.5, 0.6) is 0 Å². The van der Waals surface area contributed by atoms with Gasteiger partial charge in [0.25, 0.3) is 0 Å². The molecule has 1 aromatic rings. The number of hydrogen-bond acceptors (Lipinski definition) is 3. The van der Waals surface area contributed by atoms with Crippen LogP contribution < -0.4 is 4.90 Å². The van der Waals surface area contributed by atoms with Crippen LogP contribution in [-0.2, 0) is 0 Å². The van der Waals surface area contributed by atoms with Gasteiger partial charge >= 0.3 is 0 Å². The molecule has 3 nitrogen and oxygen atoms in total. The average Bonchev–Trinajstić information content (AvgIpc) is 2.05. The van der Waals surface area contributed by atoms with Gasteiger partial charge in [0.2, 0.25) is 0 Å². The minimum Gasteiger partial charge on any atom is -0.363 e. The van der Waals surface area contributed by atoms with Gasteiger partial charge in [-0.05, 0) is 19.1 Å². The van der Waals surface area contributed by atoms with E-state index in [1.165, 1.54) is 0 Å². The molecule has 0 amide bonds. The number of anilines is 1. The van der Waals surface area contributed by atoms with Gasteiger partial charge in [-0.1, -0.05) is 6.08 Å². The van der Waals surface area contributed by atoms with Gasteiger partial charge in [-0.25, -0.2) is 9.97 Å². The van der Waals surface area contributed by atoms with Crippen LogP contribution in [0.15, 0.2) is 18.3 Å². The van der Waals surface area contributed by atoms with E-state index in [2.05, 4.69) is 9.97 Å². The molecule has 0 saturated heterocycles. The Hall–Kier alpha value is -1.38. The molecule has 0 bridgehead atoms. The first kappa shape index (κ1) is 8.71. The first-order chi connectivity index (χ1) is 5.74. The van der Waals surface area contributed by atoms with Crippen LogP contribution in [0.25, 0.3) is 6.08 Å². The molecule has 12 heavy (non-hydrogen) atoms. The van der Waals surface area contributed by atoms with Crippen molar-refractivity contribution in [3.63, 3.8) is 0 Å². The Balaban J connectivity index is 2.95. The molecule has 0 spiro atoms. The number of allylic oxidation sites excluding steroid dienone is 1. The number of aromatic nitrogens is 2. The van der Waals surface area contributed by atoms with Gasteiger partial charge in [0.15, 0.2) is 5.82 Å². The lowest BCUT2D eigenvalue weighted by atomic mass is 10.4. The third-order valence-corrected chi connectivity index (χ3v) is 1.43. The zero-order valence-corrected chi connectivity index (χ0v) is 7.65. The Bertz CT molecular complexity index is 279. The van der Waals surface area contributed by atoms with Crippen molar-refractivity contribution in [2.24, 2.45) is 0 Å². The second-order valence-electron chi connectivity index (χ2n) is 2.67. The van der Waals surface area contributed by atoms with Crippen LogP contribution in [0.1, 0.15) is 12.7 Å². The van der Waals surface area contributed by atoms with Crippen molar-refractivity contribution in [3.8, 4) is 0 Å². The van der Waals surface area contributed by atoms with Gasteiger partial charge in [-0.3, -0.25) is 0 Å². The highest BCUT2D eigenvalue weighted by molar-refractivity contribution is 5.44. The summed E-state index contributed by atoms with van der Waals surface area (Å²) in [5, 5.41) is 0. The molecule has 0 aliphatic carbocycles. The maximum atomic E-state index is 4.29. The highest BCUT2D eigenvalue weighted by Crippen LogP contribution is 2.05. The SMILES string of the molecule is CC=Cc1nccc(N(C)C)n1. The van der Waals surface area contributed by atoms with Gasteiger partial charge < -0.3 is 4.90 Å². The Morgan fingerprint density at radius 3 is 2.75 bits per heavy atom. The van der Waals surface area contributed by atoms with Gasteiger partial charge in [0.1, 0.15) is 5.82 Å². The standard InChI is InChI=1S/C9H13N3/c1-4-5-8-10-7-6-9(11-8)12(2)3/h4-7H,1-3H3. The van der Waals surface area contributed by atoms with E-state index in [1.54, 1.807) is 6.20 Å². The molecule has 1 aromatic heterocycles. The molecule has 3 heteroatoms. The van der Waals surface area contributed by atoms with E-state index < -0.39 is 0 Å². The molecule has 1 rings (SSSR count). The predicted octanol–water partition coefficient (Wildman–Crippen LogP) is 1.58. The van der Waals surface area contributed by atoms with Crippen molar-refractivity contribution in [1.29, 1.82) is 0 Å². The van der Waals surface area contributed by atoms with Gasteiger partial charge in [-0.15, -0.1) is 0 Å². The van der Waals surface area contributed by atoms with Gasteiger partial charge in [0.05, 0.1) is 0 Å². The second-order valence-corrected chi connectivity index (χ2v) is 2.67. The Labute approximate surface area is 72.8 Å². The second kappa shape index (κ2) is 3.85. The van der Waals surface area contributed by atoms with Crippen LogP contribution in [0.3, 0.4) is 0 Å². The zero-order chi connectivity index (χ0) is 8.97. The van der Waals surface area contributed by atoms with Crippen molar-refractivity contribution in [1.82, 2.24) is 9.97 Å². The summed E-state index contributed by atoms with van der Waals surface area (Å²) in [5.41, 5.74) is 0. The number of hydrogen-bond donors (Lipinski definition) is 0. The maximum Gasteiger partial charge on any atom is 0.153 e. The van der Waals surface area contributed by atoms with Gasteiger partial charge in [0, 0.05) is 20.3 Å². The highest BCUT2D eigenvalue weighted by atomic mass is 15.1. The van der Waals surface area contributed by atoms with E-state index in [-0.39, 0.29) is 0 Å². The predicted molar refractivity (Wildman–Crippen MR) is 51.1 cm³/mol. The summed E-state index contributed by atoms with van der Waals surface area (Å²) in [7, 11) is 3.92. The monoisotopic (exact) mass is 163 g/mol. The lowest BCUT2D eigenvalue weighted by Gasteiger charge is -2.10. The largest absolute Gasteiger partial charge is 0.363 e. The first-order valence-corrected chi connectivity index (χ1v) is 3.87. The van der Waals surface area contributed by atoms with Crippen LogP contribution in [0, 0.1) is 0 Å². The topological polar surface area (TPSA) is 29.0 Å². The summed E-state index contributed by atoms with van der Waals surface area (Å²) in [5.74, 6) is 1.68. The Morgan fingerprint density at radius 1 is 1.42 bits per heavy atom. The summed E-state index contributed by atoms with van der Waals surface area (Å²) in [6, 6.07) is 1.88. The molecule has 0 N–H and O–H groups in total. The maximum absolute atomic E-state index is 4.29. The van der Waals surface area contributed by atoms with Crippen LogP contribution >= 0.6 is 0 Å². The highest BCUT2D eigenvalue weighted by Gasteiger charge is 1.96. The fourth-order valence-electron chi connectivity index (χ4n) is 0.842. The van der Waals surface area contributed by atoms with Crippen LogP contribution in [0.2, 0.25) is 0 Å². The third kappa shape index (κ3) is 2.05. The zero-order valence-electron chi connectivity index (χ0n) is 7.65. The molecule has 0 aliphatic heterocycles. The Morgan fingerprint density at radius 2 is 2.17 bits per heavy atom. The summed E-state index contributed by atoms with van der Waals surface area (Å²) >= 11 is 0.